The molecule has 0 aliphatic carbocycles. The number of anilines is 2. The molecule has 0 aromatic heterocycles. The monoisotopic (exact) mass is 534 g/mol. The van der Waals surface area contributed by atoms with Crippen LogP contribution in [-0.4, -0.2) is 27.0 Å². The van der Waals surface area contributed by atoms with Crippen LogP contribution in [0, 0.1) is 0 Å². The Morgan fingerprint density at radius 3 is 2.32 bits per heavy atom. The van der Waals surface area contributed by atoms with E-state index in [1.807, 2.05) is 30.3 Å². The molecule has 1 aliphatic rings. The van der Waals surface area contributed by atoms with E-state index in [4.69, 9.17) is 21.1 Å². The highest BCUT2D eigenvalue weighted by atomic mass is 35.5. The number of nitrogens with one attached hydrogen (secondary N) is 1. The van der Waals surface area contributed by atoms with Crippen molar-refractivity contribution in [1.29, 1.82) is 0 Å². The quantitative estimate of drug-likeness (QED) is 0.338. The van der Waals surface area contributed by atoms with Crippen molar-refractivity contribution in [2.45, 2.75) is 17.6 Å². The maximum Gasteiger partial charge on any atom is 0.267 e. The van der Waals surface area contributed by atoms with E-state index in [2.05, 4.69) is 5.32 Å². The molecule has 188 valence electrons. The lowest BCUT2D eigenvalue weighted by Crippen LogP contribution is -2.48. The number of para-hydroxylation sites is 2. The average molecular weight is 535 g/mol. The van der Waals surface area contributed by atoms with E-state index in [1.165, 1.54) is 28.6 Å². The van der Waals surface area contributed by atoms with E-state index in [0.717, 1.165) is 5.56 Å². The number of hydrogen-bond donors (Lipinski definition) is 1. The lowest BCUT2D eigenvalue weighted by Gasteiger charge is -2.34. The second-order valence-electron chi connectivity index (χ2n) is 8.35. The Balaban J connectivity index is 1.30. The number of rotatable bonds is 7. The van der Waals surface area contributed by atoms with Crippen LogP contribution in [0.15, 0.2) is 108 Å². The van der Waals surface area contributed by atoms with Gasteiger partial charge < -0.3 is 14.8 Å². The molecular formula is C28H23ClN2O5S. The highest BCUT2D eigenvalue weighted by Gasteiger charge is 2.37. The predicted molar refractivity (Wildman–Crippen MR) is 143 cm³/mol. The Morgan fingerprint density at radius 2 is 1.59 bits per heavy atom. The smallest absolute Gasteiger partial charge is 0.267 e. The molecule has 4 aromatic carbocycles. The van der Waals surface area contributed by atoms with Crippen LogP contribution in [0.3, 0.4) is 0 Å². The summed E-state index contributed by atoms with van der Waals surface area (Å²) in [7, 11) is -3.97. The minimum atomic E-state index is -3.97. The Labute approximate surface area is 220 Å². The normalized spacial score (nSPS) is 14.8. The predicted octanol–water partition coefficient (Wildman–Crippen LogP) is 5.51. The number of fused-ring (bicyclic) bond motifs is 1. The first kappa shape index (κ1) is 24.7. The molecule has 0 saturated heterocycles. The molecule has 5 rings (SSSR count). The second kappa shape index (κ2) is 10.5. The summed E-state index contributed by atoms with van der Waals surface area (Å²) in [6.07, 6.45) is -1.06. The van der Waals surface area contributed by atoms with Gasteiger partial charge in [0.25, 0.3) is 15.9 Å². The summed E-state index contributed by atoms with van der Waals surface area (Å²) in [5.41, 5.74) is 1.95. The number of benzene rings is 4. The summed E-state index contributed by atoms with van der Waals surface area (Å²) in [5, 5.41) is 3.23. The molecule has 0 saturated carbocycles. The standard InChI is InChI=1S/C28H23ClN2O5S/c29-21-10-16-24(17-11-21)37(33,34)31-18-27(36-26-9-5-4-8-25(26)31)28(32)30-22-12-14-23(15-13-22)35-19-20-6-2-1-3-7-20/h1-17,27H,18-19H2,(H,30,32). The van der Waals surface area contributed by atoms with Gasteiger partial charge in [0, 0.05) is 10.7 Å². The zero-order valence-corrected chi connectivity index (χ0v) is 21.2. The van der Waals surface area contributed by atoms with E-state index in [-0.39, 0.29) is 11.4 Å². The Morgan fingerprint density at radius 1 is 0.919 bits per heavy atom. The van der Waals surface area contributed by atoms with Gasteiger partial charge in [-0.25, -0.2) is 8.42 Å². The number of ether oxygens (including phenoxy) is 2. The van der Waals surface area contributed by atoms with Crippen molar-refractivity contribution in [3.05, 3.63) is 114 Å². The largest absolute Gasteiger partial charge is 0.489 e. The summed E-state index contributed by atoms with van der Waals surface area (Å²) >= 11 is 5.94. The summed E-state index contributed by atoms with van der Waals surface area (Å²) in [6.45, 7) is 0.242. The molecule has 1 N–H and O–H groups in total. The van der Waals surface area contributed by atoms with Crippen molar-refractivity contribution in [3.63, 3.8) is 0 Å². The molecule has 37 heavy (non-hydrogen) atoms. The van der Waals surface area contributed by atoms with Gasteiger partial charge in [-0.3, -0.25) is 9.10 Å². The third kappa shape index (κ3) is 5.55. The van der Waals surface area contributed by atoms with Gasteiger partial charge in [0.1, 0.15) is 18.1 Å². The van der Waals surface area contributed by atoms with Crippen molar-refractivity contribution in [1.82, 2.24) is 0 Å². The van der Waals surface area contributed by atoms with Crippen LogP contribution < -0.4 is 19.1 Å². The van der Waals surface area contributed by atoms with E-state index in [1.54, 1.807) is 48.5 Å². The fourth-order valence-corrected chi connectivity index (χ4v) is 5.50. The minimum absolute atomic E-state index is 0.0684. The topological polar surface area (TPSA) is 84.9 Å². The molecule has 1 amide bonds. The van der Waals surface area contributed by atoms with E-state index in [9.17, 15) is 13.2 Å². The first-order valence-electron chi connectivity index (χ1n) is 11.5. The molecule has 0 spiro atoms. The van der Waals surface area contributed by atoms with Crippen LogP contribution in [-0.2, 0) is 21.4 Å². The van der Waals surface area contributed by atoms with E-state index in [0.29, 0.717) is 34.5 Å². The highest BCUT2D eigenvalue weighted by Crippen LogP contribution is 2.37. The number of carbonyl (C=O) groups excluding carboxylic acids is 1. The van der Waals surface area contributed by atoms with Gasteiger partial charge >= 0.3 is 0 Å². The van der Waals surface area contributed by atoms with Gasteiger partial charge in [-0.1, -0.05) is 54.1 Å². The van der Waals surface area contributed by atoms with Crippen molar-refractivity contribution in [2.75, 3.05) is 16.2 Å². The van der Waals surface area contributed by atoms with Crippen molar-refractivity contribution < 1.29 is 22.7 Å². The summed E-state index contributed by atoms with van der Waals surface area (Å²) < 4.78 is 39.8. The second-order valence-corrected chi connectivity index (χ2v) is 10.7. The molecule has 1 heterocycles. The molecule has 1 unspecified atom stereocenters. The Kier molecular flexibility index (Phi) is 7.03. The van der Waals surface area contributed by atoms with Crippen LogP contribution in [0.1, 0.15) is 5.56 Å². The van der Waals surface area contributed by atoms with Crippen molar-refractivity contribution in [2.24, 2.45) is 0 Å². The average Bonchev–Trinajstić information content (AvgIpc) is 2.93. The zero-order chi connectivity index (χ0) is 25.8. The molecule has 7 nitrogen and oxygen atoms in total. The zero-order valence-electron chi connectivity index (χ0n) is 19.6. The summed E-state index contributed by atoms with van der Waals surface area (Å²) in [6, 6.07) is 29.4. The van der Waals surface area contributed by atoms with Crippen LogP contribution in [0.25, 0.3) is 0 Å². The van der Waals surface area contributed by atoms with Crippen LogP contribution in [0.5, 0.6) is 11.5 Å². The minimum Gasteiger partial charge on any atom is -0.489 e. The lowest BCUT2D eigenvalue weighted by atomic mass is 10.2. The molecule has 0 bridgehead atoms. The van der Waals surface area contributed by atoms with Gasteiger partial charge in [-0.2, -0.15) is 0 Å². The highest BCUT2D eigenvalue weighted by molar-refractivity contribution is 7.92. The van der Waals surface area contributed by atoms with Crippen molar-refractivity contribution in [3.8, 4) is 11.5 Å². The number of nitrogens with zero attached hydrogens (tertiary/aromatic N) is 1. The van der Waals surface area contributed by atoms with Gasteiger partial charge in [0.2, 0.25) is 0 Å². The molecule has 0 fully saturated rings. The summed E-state index contributed by atoms with van der Waals surface area (Å²) in [5.74, 6) is 0.491. The maximum absolute atomic E-state index is 13.5. The van der Waals surface area contributed by atoms with Crippen LogP contribution in [0.2, 0.25) is 5.02 Å². The Bertz CT molecular complexity index is 1490. The van der Waals surface area contributed by atoms with Gasteiger partial charge in [-0.15, -0.1) is 0 Å². The fourth-order valence-electron chi connectivity index (χ4n) is 3.90. The first-order chi connectivity index (χ1) is 17.9. The number of amides is 1. The van der Waals surface area contributed by atoms with Gasteiger partial charge in [0.05, 0.1) is 17.1 Å². The van der Waals surface area contributed by atoms with E-state index < -0.39 is 22.0 Å². The van der Waals surface area contributed by atoms with Crippen molar-refractivity contribution >= 4 is 38.9 Å². The molecule has 9 heteroatoms. The molecule has 1 atom stereocenters. The molecular weight excluding hydrogens is 512 g/mol. The SMILES string of the molecule is O=C(Nc1ccc(OCc2ccccc2)cc1)C1CN(S(=O)(=O)c2ccc(Cl)cc2)c2ccccc2O1. The summed E-state index contributed by atoms with van der Waals surface area (Å²) in [4.78, 5) is 13.2. The number of hydrogen-bond acceptors (Lipinski definition) is 5. The number of carbonyl (C=O) groups is 1. The molecule has 0 radical (unpaired) electrons. The van der Waals surface area contributed by atoms with Crippen LogP contribution in [0.4, 0.5) is 11.4 Å². The number of halogens is 1. The lowest BCUT2D eigenvalue weighted by molar-refractivity contribution is -0.122. The van der Waals surface area contributed by atoms with Gasteiger partial charge in [-0.05, 0) is 66.2 Å². The Hall–Kier alpha value is -4.01. The third-order valence-electron chi connectivity index (χ3n) is 5.80. The maximum atomic E-state index is 13.5. The van der Waals surface area contributed by atoms with E-state index >= 15 is 0 Å². The fraction of sp³-hybridized carbons (Fsp3) is 0.107. The van der Waals surface area contributed by atoms with Crippen LogP contribution >= 0.6 is 11.6 Å². The third-order valence-corrected chi connectivity index (χ3v) is 7.84. The molecule has 4 aromatic rings. The molecule has 1 aliphatic heterocycles. The van der Waals surface area contributed by atoms with Gasteiger partial charge in [0.15, 0.2) is 6.10 Å². The first-order valence-corrected chi connectivity index (χ1v) is 13.3. The number of sulfonamides is 1.